The second-order valence-corrected chi connectivity index (χ2v) is 7.01. The Morgan fingerprint density at radius 2 is 2.09 bits per heavy atom. The highest BCUT2D eigenvalue weighted by atomic mass is 32.2. The number of guanidine groups is 1. The van der Waals surface area contributed by atoms with Crippen LogP contribution in [0, 0.1) is 0 Å². The van der Waals surface area contributed by atoms with Crippen molar-refractivity contribution >= 4 is 17.7 Å². The molecule has 1 fully saturated rings. The van der Waals surface area contributed by atoms with Gasteiger partial charge in [-0.05, 0) is 56.6 Å². The Morgan fingerprint density at radius 3 is 2.70 bits per heavy atom. The Labute approximate surface area is 144 Å². The lowest BCUT2D eigenvalue weighted by molar-refractivity contribution is 0.414. The maximum atomic E-state index is 5.19. The zero-order valence-corrected chi connectivity index (χ0v) is 15.3. The van der Waals surface area contributed by atoms with Crippen LogP contribution in [0.15, 0.2) is 29.3 Å². The molecule has 1 aliphatic rings. The van der Waals surface area contributed by atoms with E-state index in [1.54, 1.807) is 7.11 Å². The van der Waals surface area contributed by atoms with E-state index in [1.165, 1.54) is 24.8 Å². The van der Waals surface area contributed by atoms with Crippen LogP contribution in [0.1, 0.15) is 31.7 Å². The first-order chi connectivity index (χ1) is 11.2. The lowest BCUT2D eigenvalue weighted by Crippen LogP contribution is -2.42. The Balaban J connectivity index is 1.83. The molecule has 1 aliphatic carbocycles. The molecule has 1 aromatic rings. The lowest BCUT2D eigenvalue weighted by atomic mass is 10.1. The summed E-state index contributed by atoms with van der Waals surface area (Å²) in [6.45, 7) is 3.80. The maximum absolute atomic E-state index is 5.19. The molecule has 1 aromatic carbocycles. The number of ether oxygens (including phenoxy) is 1. The Morgan fingerprint density at radius 1 is 1.30 bits per heavy atom. The van der Waals surface area contributed by atoms with Gasteiger partial charge in [-0.2, -0.15) is 11.8 Å². The molecule has 0 amide bonds. The molecule has 0 spiro atoms. The molecule has 4 nitrogen and oxygen atoms in total. The highest BCUT2D eigenvalue weighted by molar-refractivity contribution is 7.99. The van der Waals surface area contributed by atoms with Gasteiger partial charge in [-0.15, -0.1) is 0 Å². The number of nitrogens with zero attached hydrogens (tertiary/aromatic N) is 1. The van der Waals surface area contributed by atoms with Crippen LogP contribution < -0.4 is 15.4 Å². The number of thioether (sulfide) groups is 1. The second-order valence-electron chi connectivity index (χ2n) is 5.87. The summed E-state index contributed by atoms with van der Waals surface area (Å²) in [5, 5.41) is 7.75. The number of hydrogen-bond donors (Lipinski definition) is 2. The van der Waals surface area contributed by atoms with Gasteiger partial charge in [-0.1, -0.05) is 12.1 Å². The zero-order chi connectivity index (χ0) is 16.5. The van der Waals surface area contributed by atoms with E-state index >= 15 is 0 Å². The normalized spacial score (nSPS) is 21.3. The first-order valence-corrected chi connectivity index (χ1v) is 9.74. The summed E-state index contributed by atoms with van der Waals surface area (Å²) in [6, 6.07) is 8.78. The van der Waals surface area contributed by atoms with Gasteiger partial charge in [0.1, 0.15) is 5.75 Å². The van der Waals surface area contributed by atoms with Crippen molar-refractivity contribution in [1.82, 2.24) is 10.6 Å². The summed E-state index contributed by atoms with van der Waals surface area (Å²) in [5.41, 5.74) is 1.29. The minimum absolute atomic E-state index is 0.561. The van der Waals surface area contributed by atoms with Crippen LogP contribution in [0.2, 0.25) is 0 Å². The summed E-state index contributed by atoms with van der Waals surface area (Å²) in [4.78, 5) is 4.72. The zero-order valence-electron chi connectivity index (χ0n) is 14.5. The molecule has 2 atom stereocenters. The Bertz CT molecular complexity index is 490. The molecule has 2 unspecified atom stereocenters. The van der Waals surface area contributed by atoms with Crippen molar-refractivity contribution in [1.29, 1.82) is 0 Å². The second kappa shape index (κ2) is 9.71. The van der Waals surface area contributed by atoms with Crippen molar-refractivity contribution in [3.8, 4) is 5.75 Å². The highest BCUT2D eigenvalue weighted by Gasteiger charge is 2.24. The van der Waals surface area contributed by atoms with E-state index < -0.39 is 0 Å². The van der Waals surface area contributed by atoms with Gasteiger partial charge >= 0.3 is 0 Å². The first-order valence-electron chi connectivity index (χ1n) is 8.45. The van der Waals surface area contributed by atoms with Crippen molar-refractivity contribution in [2.75, 3.05) is 26.5 Å². The van der Waals surface area contributed by atoms with Gasteiger partial charge in [0.25, 0.3) is 0 Å². The summed E-state index contributed by atoms with van der Waals surface area (Å²) in [5.74, 6) is 1.85. The van der Waals surface area contributed by atoms with Crippen LogP contribution in [0.5, 0.6) is 5.75 Å². The van der Waals surface area contributed by atoms with E-state index in [2.05, 4.69) is 35.9 Å². The summed E-state index contributed by atoms with van der Waals surface area (Å²) in [7, 11) is 1.69. The maximum Gasteiger partial charge on any atom is 0.191 e. The van der Waals surface area contributed by atoms with E-state index in [1.807, 2.05) is 23.9 Å². The minimum Gasteiger partial charge on any atom is -0.497 e. The number of nitrogens with one attached hydrogen (secondary N) is 2. The number of methoxy groups -OCH3 is 1. The molecule has 2 rings (SSSR count). The number of aliphatic imine (C=N–C) groups is 1. The van der Waals surface area contributed by atoms with Crippen molar-refractivity contribution in [2.24, 2.45) is 4.99 Å². The molecule has 23 heavy (non-hydrogen) atoms. The van der Waals surface area contributed by atoms with E-state index in [4.69, 9.17) is 9.73 Å². The molecule has 0 aromatic heterocycles. The van der Waals surface area contributed by atoms with Crippen molar-refractivity contribution in [3.05, 3.63) is 29.8 Å². The monoisotopic (exact) mass is 335 g/mol. The standard InChI is InChI=1S/C18H29N3OS/c1-4-19-18(21-15-7-10-17(13-15)23-3)20-12-11-14-5-8-16(22-2)9-6-14/h5-6,8-9,15,17H,4,7,10-13H2,1-3H3,(H2,19,20,21). The third kappa shape index (κ3) is 5.98. The largest absolute Gasteiger partial charge is 0.497 e. The molecule has 2 N–H and O–H groups in total. The van der Waals surface area contributed by atoms with Crippen molar-refractivity contribution < 1.29 is 4.74 Å². The highest BCUT2D eigenvalue weighted by Crippen LogP contribution is 2.28. The molecule has 128 valence electrons. The first kappa shape index (κ1) is 18.0. The van der Waals surface area contributed by atoms with Gasteiger partial charge in [0.15, 0.2) is 5.96 Å². The number of benzene rings is 1. The molecule has 0 aliphatic heterocycles. The molecular weight excluding hydrogens is 306 g/mol. The molecule has 1 saturated carbocycles. The van der Waals surface area contributed by atoms with Gasteiger partial charge < -0.3 is 15.4 Å². The summed E-state index contributed by atoms with van der Waals surface area (Å²) >= 11 is 1.98. The average Bonchev–Trinajstić information content (AvgIpc) is 3.03. The SMILES string of the molecule is CCNC(=NCCc1ccc(OC)cc1)NC1CCC(SC)C1. The third-order valence-corrected chi connectivity index (χ3v) is 5.33. The van der Waals surface area contributed by atoms with Crippen LogP contribution in [0.25, 0.3) is 0 Å². The fourth-order valence-electron chi connectivity index (χ4n) is 2.89. The van der Waals surface area contributed by atoms with Crippen LogP contribution in [0.4, 0.5) is 0 Å². The van der Waals surface area contributed by atoms with Crippen molar-refractivity contribution in [3.63, 3.8) is 0 Å². The van der Waals surface area contributed by atoms with Gasteiger partial charge in [0.2, 0.25) is 0 Å². The van der Waals surface area contributed by atoms with E-state index in [9.17, 15) is 0 Å². The Hall–Kier alpha value is -1.36. The minimum atomic E-state index is 0.561. The topological polar surface area (TPSA) is 45.7 Å². The lowest BCUT2D eigenvalue weighted by Gasteiger charge is -2.17. The summed E-state index contributed by atoms with van der Waals surface area (Å²) in [6.07, 6.45) is 6.95. The fraction of sp³-hybridized carbons (Fsp3) is 0.611. The quantitative estimate of drug-likeness (QED) is 0.594. The van der Waals surface area contributed by atoms with Crippen LogP contribution >= 0.6 is 11.8 Å². The molecule has 5 heteroatoms. The number of rotatable bonds is 7. The predicted octanol–water partition coefficient (Wildman–Crippen LogP) is 3.08. The molecule has 0 saturated heterocycles. The molecule has 0 bridgehead atoms. The van der Waals surface area contributed by atoms with Crippen LogP contribution in [-0.4, -0.2) is 43.7 Å². The molecular formula is C18H29N3OS. The fourth-order valence-corrected chi connectivity index (χ4v) is 3.68. The average molecular weight is 336 g/mol. The predicted molar refractivity (Wildman–Crippen MR) is 101 cm³/mol. The van der Waals surface area contributed by atoms with Gasteiger partial charge in [-0.25, -0.2) is 0 Å². The van der Waals surface area contributed by atoms with Crippen molar-refractivity contribution in [2.45, 2.75) is 43.9 Å². The van der Waals surface area contributed by atoms with E-state index in [-0.39, 0.29) is 0 Å². The van der Waals surface area contributed by atoms with Gasteiger partial charge in [0.05, 0.1) is 7.11 Å². The number of hydrogen-bond acceptors (Lipinski definition) is 3. The Kier molecular flexibility index (Phi) is 7.59. The van der Waals surface area contributed by atoms with Crippen LogP contribution in [0.3, 0.4) is 0 Å². The smallest absolute Gasteiger partial charge is 0.191 e. The van der Waals surface area contributed by atoms with Crippen LogP contribution in [-0.2, 0) is 6.42 Å². The summed E-state index contributed by atoms with van der Waals surface area (Å²) < 4.78 is 5.19. The van der Waals surface area contributed by atoms with E-state index in [0.29, 0.717) is 6.04 Å². The van der Waals surface area contributed by atoms with Gasteiger partial charge in [-0.3, -0.25) is 4.99 Å². The van der Waals surface area contributed by atoms with E-state index in [0.717, 1.165) is 36.5 Å². The third-order valence-electron chi connectivity index (χ3n) is 4.23. The van der Waals surface area contributed by atoms with Gasteiger partial charge in [0, 0.05) is 24.4 Å². The molecule has 0 heterocycles. The molecule has 0 radical (unpaired) electrons.